The molecule has 1 unspecified atom stereocenters. The molecule has 0 saturated carbocycles. The minimum atomic E-state index is -0.482. The van der Waals surface area contributed by atoms with Crippen molar-refractivity contribution in [3.63, 3.8) is 0 Å². The summed E-state index contributed by atoms with van der Waals surface area (Å²) in [6.07, 6.45) is 0.0851. The summed E-state index contributed by atoms with van der Waals surface area (Å²) in [5.74, 6) is 0.873. The maximum absolute atomic E-state index is 10.8. The second kappa shape index (κ2) is 4.84. The Bertz CT molecular complexity index is 505. The van der Waals surface area contributed by atoms with Gasteiger partial charge >= 0.3 is 0 Å². The Balaban J connectivity index is 2.19. The fourth-order valence-corrected chi connectivity index (χ4v) is 1.63. The third-order valence-electron chi connectivity index (χ3n) is 2.47. The maximum atomic E-state index is 10.8. The number of carbonyl (C=O) groups is 1. The molecule has 1 heterocycles. The van der Waals surface area contributed by atoms with Crippen molar-refractivity contribution in [2.75, 3.05) is 0 Å². The van der Waals surface area contributed by atoms with E-state index in [0.29, 0.717) is 5.76 Å². The van der Waals surface area contributed by atoms with E-state index in [0.717, 1.165) is 11.3 Å². The first-order valence-corrected chi connectivity index (χ1v) is 5.36. The van der Waals surface area contributed by atoms with E-state index in [-0.39, 0.29) is 6.42 Å². The average molecular weight is 230 g/mol. The Morgan fingerprint density at radius 3 is 2.53 bits per heavy atom. The van der Waals surface area contributed by atoms with E-state index >= 15 is 0 Å². The van der Waals surface area contributed by atoms with Gasteiger partial charge in [-0.1, -0.05) is 30.3 Å². The lowest BCUT2D eigenvalue weighted by molar-refractivity contribution is -0.118. The largest absolute Gasteiger partial charge is 0.459 e. The topological polar surface area (TPSA) is 82.2 Å². The lowest BCUT2D eigenvalue weighted by Crippen LogP contribution is -2.20. The van der Waals surface area contributed by atoms with Crippen molar-refractivity contribution in [3.8, 4) is 11.3 Å². The van der Waals surface area contributed by atoms with Crippen molar-refractivity contribution in [2.24, 2.45) is 11.5 Å². The highest BCUT2D eigenvalue weighted by molar-refractivity contribution is 5.74. The van der Waals surface area contributed by atoms with Crippen molar-refractivity contribution in [3.05, 3.63) is 48.2 Å². The highest BCUT2D eigenvalue weighted by atomic mass is 16.3. The van der Waals surface area contributed by atoms with Gasteiger partial charge in [0.1, 0.15) is 11.5 Å². The molecular formula is C13H14N2O2. The van der Waals surface area contributed by atoms with Gasteiger partial charge in [-0.15, -0.1) is 0 Å². The van der Waals surface area contributed by atoms with Gasteiger partial charge in [-0.2, -0.15) is 0 Å². The quantitative estimate of drug-likeness (QED) is 0.840. The van der Waals surface area contributed by atoms with E-state index in [1.807, 2.05) is 36.4 Å². The van der Waals surface area contributed by atoms with Gasteiger partial charge in [0.2, 0.25) is 5.91 Å². The number of rotatable bonds is 4. The van der Waals surface area contributed by atoms with E-state index in [2.05, 4.69) is 0 Å². The smallest absolute Gasteiger partial charge is 0.219 e. The molecule has 4 N–H and O–H groups in total. The number of primary amides is 1. The first kappa shape index (κ1) is 11.4. The molecule has 0 spiro atoms. The van der Waals surface area contributed by atoms with E-state index in [4.69, 9.17) is 15.9 Å². The average Bonchev–Trinajstić information content (AvgIpc) is 2.78. The zero-order valence-corrected chi connectivity index (χ0v) is 9.30. The fraction of sp³-hybridized carbons (Fsp3) is 0.154. The van der Waals surface area contributed by atoms with Gasteiger partial charge in [0.25, 0.3) is 0 Å². The summed E-state index contributed by atoms with van der Waals surface area (Å²) in [4.78, 5) is 10.8. The predicted octanol–water partition coefficient (Wildman–Crippen LogP) is 1.82. The fourth-order valence-electron chi connectivity index (χ4n) is 1.63. The zero-order valence-electron chi connectivity index (χ0n) is 9.30. The zero-order chi connectivity index (χ0) is 12.3. The Hall–Kier alpha value is -2.07. The van der Waals surface area contributed by atoms with Crippen LogP contribution in [0, 0.1) is 0 Å². The molecule has 1 aromatic carbocycles. The number of benzene rings is 1. The summed E-state index contributed by atoms with van der Waals surface area (Å²) in [6, 6.07) is 12.8. The van der Waals surface area contributed by atoms with Crippen LogP contribution in [-0.4, -0.2) is 5.91 Å². The molecule has 4 heteroatoms. The predicted molar refractivity (Wildman–Crippen MR) is 64.9 cm³/mol. The lowest BCUT2D eigenvalue weighted by Gasteiger charge is -2.05. The number of hydrogen-bond acceptors (Lipinski definition) is 3. The van der Waals surface area contributed by atoms with Gasteiger partial charge < -0.3 is 15.9 Å². The van der Waals surface area contributed by atoms with Crippen LogP contribution in [0.25, 0.3) is 11.3 Å². The molecule has 2 aromatic rings. The van der Waals surface area contributed by atoms with Crippen LogP contribution in [0.1, 0.15) is 18.2 Å². The number of nitrogens with two attached hydrogens (primary N) is 2. The third-order valence-corrected chi connectivity index (χ3v) is 2.47. The minimum Gasteiger partial charge on any atom is -0.459 e. The summed E-state index contributed by atoms with van der Waals surface area (Å²) < 4.78 is 5.60. The van der Waals surface area contributed by atoms with Crippen LogP contribution in [-0.2, 0) is 4.79 Å². The van der Waals surface area contributed by atoms with Crippen LogP contribution < -0.4 is 11.5 Å². The molecule has 0 aliphatic rings. The van der Waals surface area contributed by atoms with E-state index in [1.54, 1.807) is 6.07 Å². The van der Waals surface area contributed by atoms with Crippen LogP contribution in [0.4, 0.5) is 0 Å². The molecule has 0 bridgehead atoms. The number of furan rings is 1. The first-order chi connectivity index (χ1) is 8.16. The standard InChI is InChI=1S/C13H14N2O2/c14-10(8-13(15)16)12-7-6-11(17-12)9-4-2-1-3-5-9/h1-7,10H,8,14H2,(H2,15,16). The lowest BCUT2D eigenvalue weighted by atomic mass is 10.1. The van der Waals surface area contributed by atoms with E-state index < -0.39 is 11.9 Å². The first-order valence-electron chi connectivity index (χ1n) is 5.36. The molecule has 1 atom stereocenters. The maximum Gasteiger partial charge on any atom is 0.219 e. The molecule has 0 fully saturated rings. The van der Waals surface area contributed by atoms with Gasteiger partial charge in [0.05, 0.1) is 6.04 Å². The number of amides is 1. The Morgan fingerprint density at radius 2 is 1.88 bits per heavy atom. The molecule has 0 aliphatic heterocycles. The molecule has 0 aliphatic carbocycles. The molecule has 2 rings (SSSR count). The summed E-state index contributed by atoms with van der Waals surface area (Å²) >= 11 is 0. The number of hydrogen-bond donors (Lipinski definition) is 2. The van der Waals surface area contributed by atoms with Gasteiger partial charge in [0, 0.05) is 12.0 Å². The van der Waals surface area contributed by atoms with Gasteiger partial charge in [-0.3, -0.25) is 4.79 Å². The van der Waals surface area contributed by atoms with Crippen molar-refractivity contribution in [1.29, 1.82) is 0 Å². The second-order valence-corrected chi connectivity index (χ2v) is 3.84. The van der Waals surface area contributed by atoms with Gasteiger partial charge in [0.15, 0.2) is 0 Å². The molecular weight excluding hydrogens is 216 g/mol. The Labute approximate surface area is 99.2 Å². The number of carbonyl (C=O) groups excluding carboxylic acids is 1. The summed E-state index contributed by atoms with van der Waals surface area (Å²) in [6.45, 7) is 0. The van der Waals surface area contributed by atoms with Crippen LogP contribution >= 0.6 is 0 Å². The molecule has 88 valence electrons. The summed E-state index contributed by atoms with van der Waals surface area (Å²) in [5, 5.41) is 0. The third kappa shape index (κ3) is 2.73. The van der Waals surface area contributed by atoms with Crippen LogP contribution in [0.2, 0.25) is 0 Å². The summed E-state index contributed by atoms with van der Waals surface area (Å²) in [5.41, 5.74) is 11.9. The van der Waals surface area contributed by atoms with Crippen molar-refractivity contribution in [1.82, 2.24) is 0 Å². The van der Waals surface area contributed by atoms with E-state index in [1.165, 1.54) is 0 Å². The molecule has 4 nitrogen and oxygen atoms in total. The summed E-state index contributed by atoms with van der Waals surface area (Å²) in [7, 11) is 0. The Morgan fingerprint density at radius 1 is 1.18 bits per heavy atom. The van der Waals surface area contributed by atoms with Gasteiger partial charge in [-0.05, 0) is 12.1 Å². The van der Waals surface area contributed by atoms with Crippen molar-refractivity contribution < 1.29 is 9.21 Å². The monoisotopic (exact) mass is 230 g/mol. The van der Waals surface area contributed by atoms with Crippen molar-refractivity contribution >= 4 is 5.91 Å². The molecule has 0 radical (unpaired) electrons. The van der Waals surface area contributed by atoms with Crippen LogP contribution in [0.5, 0.6) is 0 Å². The molecule has 0 saturated heterocycles. The van der Waals surface area contributed by atoms with Gasteiger partial charge in [-0.25, -0.2) is 0 Å². The second-order valence-electron chi connectivity index (χ2n) is 3.84. The van der Waals surface area contributed by atoms with Crippen LogP contribution in [0.3, 0.4) is 0 Å². The Kier molecular flexibility index (Phi) is 3.25. The van der Waals surface area contributed by atoms with Crippen molar-refractivity contribution in [2.45, 2.75) is 12.5 Å². The highest BCUT2D eigenvalue weighted by Crippen LogP contribution is 2.25. The highest BCUT2D eigenvalue weighted by Gasteiger charge is 2.14. The normalized spacial score (nSPS) is 12.3. The molecule has 17 heavy (non-hydrogen) atoms. The van der Waals surface area contributed by atoms with E-state index in [9.17, 15) is 4.79 Å². The molecule has 1 amide bonds. The van der Waals surface area contributed by atoms with Crippen LogP contribution in [0.15, 0.2) is 46.9 Å². The SMILES string of the molecule is NC(=O)CC(N)c1ccc(-c2ccccc2)o1. The minimum absolute atomic E-state index is 0.0851. The molecule has 1 aromatic heterocycles.